The molecule has 2 heterocycles. The fraction of sp³-hybridized carbons (Fsp3) is 0.625. The van der Waals surface area contributed by atoms with Crippen molar-refractivity contribution in [2.75, 3.05) is 20.1 Å². The van der Waals surface area contributed by atoms with Crippen LogP contribution in [-0.4, -0.2) is 49.1 Å². The van der Waals surface area contributed by atoms with Gasteiger partial charge in [0.15, 0.2) is 0 Å². The Labute approximate surface area is 88.7 Å². The van der Waals surface area contributed by atoms with Gasteiger partial charge in [0.05, 0.1) is 11.9 Å². The lowest BCUT2D eigenvalue weighted by molar-refractivity contribution is 0.274. The van der Waals surface area contributed by atoms with Crippen molar-refractivity contribution >= 4 is 10.0 Å². The summed E-state index contributed by atoms with van der Waals surface area (Å²) in [6, 6.07) is 0.0595. The number of H-pyrrole nitrogens is 1. The molecular weight excluding hydrogens is 216 g/mol. The first-order chi connectivity index (χ1) is 7.03. The number of aromatic amines is 1. The van der Waals surface area contributed by atoms with Crippen LogP contribution in [0.5, 0.6) is 0 Å². The predicted molar refractivity (Wildman–Crippen MR) is 54.9 cm³/mol. The van der Waals surface area contributed by atoms with E-state index in [1.807, 2.05) is 0 Å². The van der Waals surface area contributed by atoms with Crippen molar-refractivity contribution in [1.29, 1.82) is 0 Å². The van der Waals surface area contributed by atoms with Crippen molar-refractivity contribution in [1.82, 2.24) is 19.8 Å². The standard InChI is InChI=1S/C8H14N4O2S/c1-6-8(5-10-11-6)15(13,14)12(2)7-3-9-4-7/h5,7,9H,3-4H2,1-2H3,(H,10,11). The molecule has 1 aromatic heterocycles. The number of aryl methyl sites for hydroxylation is 1. The Kier molecular flexibility index (Phi) is 2.53. The average molecular weight is 230 g/mol. The molecule has 1 aliphatic rings. The summed E-state index contributed by atoms with van der Waals surface area (Å²) in [6.45, 7) is 3.13. The summed E-state index contributed by atoms with van der Waals surface area (Å²) in [5.41, 5.74) is 0.578. The van der Waals surface area contributed by atoms with Crippen molar-refractivity contribution in [2.24, 2.45) is 0 Å². The number of rotatable bonds is 3. The van der Waals surface area contributed by atoms with E-state index in [0.29, 0.717) is 18.8 Å². The van der Waals surface area contributed by atoms with Gasteiger partial charge in [0, 0.05) is 26.2 Å². The van der Waals surface area contributed by atoms with Crippen LogP contribution in [-0.2, 0) is 10.0 Å². The summed E-state index contributed by atoms with van der Waals surface area (Å²) in [7, 11) is -1.78. The van der Waals surface area contributed by atoms with E-state index in [-0.39, 0.29) is 10.9 Å². The van der Waals surface area contributed by atoms with E-state index in [9.17, 15) is 8.42 Å². The van der Waals surface area contributed by atoms with Gasteiger partial charge in [-0.1, -0.05) is 0 Å². The van der Waals surface area contributed by atoms with Crippen LogP contribution in [0.25, 0.3) is 0 Å². The van der Waals surface area contributed by atoms with Gasteiger partial charge in [0.2, 0.25) is 10.0 Å². The number of sulfonamides is 1. The smallest absolute Gasteiger partial charge is 0.246 e. The molecule has 0 bridgehead atoms. The third kappa shape index (κ3) is 1.66. The van der Waals surface area contributed by atoms with Crippen LogP contribution in [0.1, 0.15) is 5.69 Å². The van der Waals surface area contributed by atoms with E-state index < -0.39 is 10.0 Å². The molecule has 1 fully saturated rings. The van der Waals surface area contributed by atoms with Crippen LogP contribution in [0.3, 0.4) is 0 Å². The highest BCUT2D eigenvalue weighted by atomic mass is 32.2. The summed E-state index contributed by atoms with van der Waals surface area (Å²) in [5.74, 6) is 0. The highest BCUT2D eigenvalue weighted by molar-refractivity contribution is 7.89. The Bertz CT molecular complexity index is 449. The first kappa shape index (κ1) is 10.6. The zero-order valence-electron chi connectivity index (χ0n) is 8.69. The maximum absolute atomic E-state index is 12.1. The van der Waals surface area contributed by atoms with Gasteiger partial charge < -0.3 is 5.32 Å². The van der Waals surface area contributed by atoms with E-state index in [0.717, 1.165) is 0 Å². The van der Waals surface area contributed by atoms with Gasteiger partial charge in [-0.2, -0.15) is 9.40 Å². The molecular formula is C8H14N4O2S. The maximum Gasteiger partial charge on any atom is 0.246 e. The maximum atomic E-state index is 12.1. The molecule has 2 N–H and O–H groups in total. The third-order valence-corrected chi connectivity index (χ3v) is 4.74. The molecule has 0 aromatic carbocycles. The molecule has 1 aliphatic heterocycles. The van der Waals surface area contributed by atoms with E-state index in [4.69, 9.17) is 0 Å². The average Bonchev–Trinajstić information content (AvgIpc) is 2.48. The predicted octanol–water partition coefficient (Wildman–Crippen LogP) is -0.690. The van der Waals surface area contributed by atoms with Crippen LogP contribution < -0.4 is 5.32 Å². The second kappa shape index (κ2) is 3.58. The molecule has 0 amide bonds. The number of hydrogen-bond donors (Lipinski definition) is 2. The van der Waals surface area contributed by atoms with Crippen molar-refractivity contribution in [3.05, 3.63) is 11.9 Å². The molecule has 0 spiro atoms. The van der Waals surface area contributed by atoms with Crippen molar-refractivity contribution < 1.29 is 8.42 Å². The molecule has 0 aliphatic carbocycles. The first-order valence-corrected chi connectivity index (χ1v) is 6.16. The fourth-order valence-electron chi connectivity index (χ4n) is 1.48. The topological polar surface area (TPSA) is 78.1 Å². The van der Waals surface area contributed by atoms with Gasteiger partial charge in [0.25, 0.3) is 0 Å². The summed E-state index contributed by atoms with van der Waals surface area (Å²) >= 11 is 0. The molecule has 7 heteroatoms. The number of aromatic nitrogens is 2. The highest BCUT2D eigenvalue weighted by Crippen LogP contribution is 2.19. The highest BCUT2D eigenvalue weighted by Gasteiger charge is 2.33. The van der Waals surface area contributed by atoms with E-state index in [2.05, 4.69) is 15.5 Å². The monoisotopic (exact) mass is 230 g/mol. The molecule has 0 radical (unpaired) electrons. The molecule has 0 unspecified atom stereocenters. The number of nitrogens with zero attached hydrogens (tertiary/aromatic N) is 2. The van der Waals surface area contributed by atoms with Gasteiger partial charge in [-0.3, -0.25) is 5.10 Å². The first-order valence-electron chi connectivity index (χ1n) is 4.72. The SMILES string of the molecule is Cc1[nH]ncc1S(=O)(=O)N(C)C1CNC1. The van der Waals surface area contributed by atoms with Gasteiger partial charge in [-0.25, -0.2) is 8.42 Å². The Morgan fingerprint density at radius 2 is 2.20 bits per heavy atom. The largest absolute Gasteiger partial charge is 0.313 e. The van der Waals surface area contributed by atoms with Crippen molar-refractivity contribution in [2.45, 2.75) is 17.9 Å². The zero-order chi connectivity index (χ0) is 11.1. The van der Waals surface area contributed by atoms with Gasteiger partial charge in [-0.15, -0.1) is 0 Å². The lowest BCUT2D eigenvalue weighted by Gasteiger charge is -2.34. The summed E-state index contributed by atoms with van der Waals surface area (Å²) < 4.78 is 25.6. The minimum Gasteiger partial charge on any atom is -0.313 e. The van der Waals surface area contributed by atoms with Gasteiger partial charge in [0.1, 0.15) is 4.90 Å². The normalized spacial score (nSPS) is 18.1. The molecule has 0 saturated carbocycles. The lowest BCUT2D eigenvalue weighted by atomic mass is 10.2. The Morgan fingerprint density at radius 1 is 1.53 bits per heavy atom. The van der Waals surface area contributed by atoms with Crippen LogP contribution in [0.15, 0.2) is 11.1 Å². The molecule has 0 atom stereocenters. The minimum absolute atomic E-state index is 0.0595. The number of nitrogens with one attached hydrogen (secondary N) is 2. The van der Waals surface area contributed by atoms with Gasteiger partial charge in [-0.05, 0) is 6.92 Å². The second-order valence-corrected chi connectivity index (χ2v) is 5.66. The van der Waals surface area contributed by atoms with E-state index in [1.165, 1.54) is 10.5 Å². The van der Waals surface area contributed by atoms with Crippen LogP contribution >= 0.6 is 0 Å². The second-order valence-electron chi connectivity index (χ2n) is 3.69. The molecule has 1 aromatic rings. The molecule has 6 nitrogen and oxygen atoms in total. The Morgan fingerprint density at radius 3 is 2.60 bits per heavy atom. The van der Waals surface area contributed by atoms with Crippen LogP contribution in [0.4, 0.5) is 0 Å². The van der Waals surface area contributed by atoms with Crippen molar-refractivity contribution in [3.8, 4) is 0 Å². The van der Waals surface area contributed by atoms with Crippen LogP contribution in [0.2, 0.25) is 0 Å². The summed E-state index contributed by atoms with van der Waals surface area (Å²) in [4.78, 5) is 0.261. The third-order valence-electron chi connectivity index (χ3n) is 2.71. The van der Waals surface area contributed by atoms with E-state index in [1.54, 1.807) is 14.0 Å². The molecule has 15 heavy (non-hydrogen) atoms. The quantitative estimate of drug-likeness (QED) is 0.720. The fourth-order valence-corrected chi connectivity index (χ4v) is 2.95. The number of hydrogen-bond acceptors (Lipinski definition) is 4. The summed E-state index contributed by atoms with van der Waals surface area (Å²) in [6.07, 6.45) is 1.35. The van der Waals surface area contributed by atoms with E-state index >= 15 is 0 Å². The summed E-state index contributed by atoms with van der Waals surface area (Å²) in [5, 5.41) is 9.40. The molecule has 2 rings (SSSR count). The zero-order valence-corrected chi connectivity index (χ0v) is 9.50. The molecule has 84 valence electrons. The van der Waals surface area contributed by atoms with Gasteiger partial charge >= 0.3 is 0 Å². The minimum atomic E-state index is -3.39. The van der Waals surface area contributed by atoms with Crippen LogP contribution in [0, 0.1) is 6.92 Å². The lowest BCUT2D eigenvalue weighted by Crippen LogP contribution is -2.57. The molecule has 1 saturated heterocycles. The Hall–Kier alpha value is -0.920. The number of likely N-dealkylation sites (N-methyl/N-ethyl adjacent to an activating group) is 1. The Balaban J connectivity index is 2.30. The van der Waals surface area contributed by atoms with Crippen molar-refractivity contribution in [3.63, 3.8) is 0 Å².